The summed E-state index contributed by atoms with van der Waals surface area (Å²) in [5, 5.41) is 18.7. The number of hydrogen-bond acceptors (Lipinski definition) is 5. The molecule has 1 atom stereocenters. The van der Waals surface area contributed by atoms with Gasteiger partial charge in [0.25, 0.3) is 0 Å². The number of hydrogen-bond donors (Lipinski definition) is 0. The van der Waals surface area contributed by atoms with Gasteiger partial charge in [0, 0.05) is 10.6 Å². The van der Waals surface area contributed by atoms with Gasteiger partial charge in [-0.25, -0.2) is 0 Å². The van der Waals surface area contributed by atoms with Crippen molar-refractivity contribution in [1.29, 1.82) is 5.26 Å². The Hall–Kier alpha value is -2.23. The largest absolute Gasteiger partial charge is 0.467 e. The second-order valence-electron chi connectivity index (χ2n) is 4.87. The highest BCUT2D eigenvalue weighted by molar-refractivity contribution is 8.00. The Morgan fingerprint density at radius 2 is 2.09 bits per heavy atom. The molecule has 5 nitrogen and oxygen atoms in total. The summed E-state index contributed by atoms with van der Waals surface area (Å²) in [7, 11) is 0. The maximum atomic E-state index is 9.04. The number of benzene rings is 1. The first-order valence-electron chi connectivity index (χ1n) is 6.95. The molecule has 2 heterocycles. The van der Waals surface area contributed by atoms with Gasteiger partial charge >= 0.3 is 0 Å². The molecule has 0 unspecified atom stereocenters. The average molecular weight is 345 g/mol. The number of halogens is 1. The fourth-order valence-corrected chi connectivity index (χ4v) is 2.93. The molecule has 0 aliphatic carbocycles. The SMILES string of the molecule is C[C@@H](C#N)Sc1nnc(-c2ccc(Cl)cc2)n1Cc1ccco1. The number of furan rings is 1. The van der Waals surface area contributed by atoms with Crippen LogP contribution in [0.15, 0.2) is 52.2 Å². The highest BCUT2D eigenvalue weighted by Gasteiger charge is 2.17. The molecule has 23 heavy (non-hydrogen) atoms. The van der Waals surface area contributed by atoms with Crippen LogP contribution in [0.5, 0.6) is 0 Å². The van der Waals surface area contributed by atoms with E-state index in [-0.39, 0.29) is 5.25 Å². The minimum Gasteiger partial charge on any atom is -0.467 e. The Kier molecular flexibility index (Phi) is 4.70. The first-order valence-corrected chi connectivity index (χ1v) is 8.21. The molecule has 0 aliphatic heterocycles. The molecule has 0 saturated heterocycles. The van der Waals surface area contributed by atoms with Crippen molar-refractivity contribution in [3.8, 4) is 17.5 Å². The molecular formula is C16H13ClN4OS. The molecule has 0 amide bonds. The zero-order valence-corrected chi connectivity index (χ0v) is 13.9. The van der Waals surface area contributed by atoms with E-state index in [9.17, 15) is 0 Å². The number of rotatable bonds is 5. The highest BCUT2D eigenvalue weighted by Crippen LogP contribution is 2.28. The van der Waals surface area contributed by atoms with E-state index in [0.29, 0.717) is 22.5 Å². The number of nitriles is 1. The summed E-state index contributed by atoms with van der Waals surface area (Å²) in [6, 6.07) is 13.4. The van der Waals surface area contributed by atoms with Gasteiger partial charge in [-0.3, -0.25) is 4.57 Å². The molecule has 1 aromatic carbocycles. The maximum absolute atomic E-state index is 9.04. The van der Waals surface area contributed by atoms with E-state index in [1.165, 1.54) is 11.8 Å². The predicted molar refractivity (Wildman–Crippen MR) is 89.2 cm³/mol. The fourth-order valence-electron chi connectivity index (χ4n) is 2.07. The third-order valence-corrected chi connectivity index (χ3v) is 4.40. The lowest BCUT2D eigenvalue weighted by Crippen LogP contribution is -2.05. The van der Waals surface area contributed by atoms with Crippen molar-refractivity contribution in [3.63, 3.8) is 0 Å². The Bertz CT molecular complexity index is 821. The van der Waals surface area contributed by atoms with Gasteiger partial charge in [-0.2, -0.15) is 5.26 Å². The summed E-state index contributed by atoms with van der Waals surface area (Å²) in [5.74, 6) is 1.51. The van der Waals surface area contributed by atoms with Crippen LogP contribution in [-0.4, -0.2) is 20.0 Å². The summed E-state index contributed by atoms with van der Waals surface area (Å²) in [5.41, 5.74) is 0.907. The van der Waals surface area contributed by atoms with Crippen LogP contribution in [0.2, 0.25) is 5.02 Å². The summed E-state index contributed by atoms with van der Waals surface area (Å²) in [4.78, 5) is 0. The second kappa shape index (κ2) is 6.90. The first kappa shape index (κ1) is 15.7. The normalized spacial score (nSPS) is 12.0. The van der Waals surface area contributed by atoms with Crippen molar-refractivity contribution in [2.45, 2.75) is 23.9 Å². The standard InChI is InChI=1S/C16H13ClN4OS/c1-11(9-18)23-16-20-19-15(12-4-6-13(17)7-5-12)21(16)10-14-3-2-8-22-14/h2-8,11H,10H2,1H3/t11-/m0/s1. The van der Waals surface area contributed by atoms with E-state index >= 15 is 0 Å². The third kappa shape index (κ3) is 3.58. The molecule has 0 radical (unpaired) electrons. The van der Waals surface area contributed by atoms with Crippen LogP contribution in [0.25, 0.3) is 11.4 Å². The third-order valence-electron chi connectivity index (χ3n) is 3.18. The van der Waals surface area contributed by atoms with Gasteiger partial charge in [0.15, 0.2) is 11.0 Å². The molecule has 0 N–H and O–H groups in total. The van der Waals surface area contributed by atoms with Gasteiger partial charge in [0.1, 0.15) is 5.76 Å². The van der Waals surface area contributed by atoms with Crippen molar-refractivity contribution >= 4 is 23.4 Å². The molecular weight excluding hydrogens is 332 g/mol. The molecule has 0 saturated carbocycles. The van der Waals surface area contributed by atoms with Crippen LogP contribution in [0.1, 0.15) is 12.7 Å². The van der Waals surface area contributed by atoms with Crippen LogP contribution < -0.4 is 0 Å². The lowest BCUT2D eigenvalue weighted by molar-refractivity contribution is 0.485. The van der Waals surface area contributed by atoms with Crippen LogP contribution in [0.3, 0.4) is 0 Å². The Morgan fingerprint density at radius 1 is 1.30 bits per heavy atom. The van der Waals surface area contributed by atoms with E-state index in [0.717, 1.165) is 11.3 Å². The van der Waals surface area contributed by atoms with Crippen molar-refractivity contribution in [3.05, 3.63) is 53.4 Å². The molecule has 0 aliphatic rings. The van der Waals surface area contributed by atoms with E-state index < -0.39 is 0 Å². The van der Waals surface area contributed by atoms with Crippen molar-refractivity contribution < 1.29 is 4.42 Å². The summed E-state index contributed by atoms with van der Waals surface area (Å²) < 4.78 is 7.38. The predicted octanol–water partition coefficient (Wildman–Crippen LogP) is 4.24. The molecule has 0 bridgehead atoms. The van der Waals surface area contributed by atoms with E-state index in [1.807, 2.05) is 47.9 Å². The number of nitrogens with zero attached hydrogens (tertiary/aromatic N) is 4. The Morgan fingerprint density at radius 3 is 2.74 bits per heavy atom. The topological polar surface area (TPSA) is 67.6 Å². The molecule has 3 rings (SSSR count). The summed E-state index contributed by atoms with van der Waals surface area (Å²) in [6.07, 6.45) is 1.63. The van der Waals surface area contributed by atoms with Gasteiger partial charge in [-0.1, -0.05) is 23.4 Å². The smallest absolute Gasteiger partial charge is 0.193 e. The van der Waals surface area contributed by atoms with Crippen molar-refractivity contribution in [2.75, 3.05) is 0 Å². The van der Waals surface area contributed by atoms with Crippen LogP contribution in [0, 0.1) is 11.3 Å². The molecule has 116 valence electrons. The van der Waals surface area contributed by atoms with Crippen molar-refractivity contribution in [1.82, 2.24) is 14.8 Å². The quantitative estimate of drug-likeness (QED) is 0.647. The van der Waals surface area contributed by atoms with Gasteiger partial charge < -0.3 is 4.42 Å². The maximum Gasteiger partial charge on any atom is 0.193 e. The Balaban J connectivity index is 2.01. The summed E-state index contributed by atoms with van der Waals surface area (Å²) >= 11 is 7.32. The molecule has 0 spiro atoms. The second-order valence-corrected chi connectivity index (χ2v) is 6.61. The van der Waals surface area contributed by atoms with Crippen molar-refractivity contribution in [2.24, 2.45) is 0 Å². The van der Waals surface area contributed by atoms with Gasteiger partial charge in [0.05, 0.1) is 24.1 Å². The summed E-state index contributed by atoms with van der Waals surface area (Å²) in [6.45, 7) is 2.33. The molecule has 0 fully saturated rings. The van der Waals surface area contributed by atoms with E-state index in [4.69, 9.17) is 21.3 Å². The van der Waals surface area contributed by atoms with Gasteiger partial charge in [-0.05, 0) is 43.3 Å². The monoisotopic (exact) mass is 344 g/mol. The number of aromatic nitrogens is 3. The van der Waals surface area contributed by atoms with Gasteiger partial charge in [-0.15, -0.1) is 10.2 Å². The van der Waals surface area contributed by atoms with Crippen LogP contribution in [-0.2, 0) is 6.54 Å². The van der Waals surface area contributed by atoms with E-state index in [1.54, 1.807) is 6.26 Å². The number of thioether (sulfide) groups is 1. The first-order chi connectivity index (χ1) is 11.2. The zero-order valence-electron chi connectivity index (χ0n) is 12.3. The van der Waals surface area contributed by atoms with Crippen LogP contribution >= 0.6 is 23.4 Å². The van der Waals surface area contributed by atoms with E-state index in [2.05, 4.69) is 16.3 Å². The Labute approximate surface area is 142 Å². The fraction of sp³-hybridized carbons (Fsp3) is 0.188. The van der Waals surface area contributed by atoms with Gasteiger partial charge in [0.2, 0.25) is 0 Å². The lowest BCUT2D eigenvalue weighted by atomic mass is 10.2. The average Bonchev–Trinajstić information content (AvgIpc) is 3.20. The molecule has 3 aromatic rings. The molecule has 7 heteroatoms. The van der Waals surface area contributed by atoms with Crippen LogP contribution in [0.4, 0.5) is 0 Å². The zero-order chi connectivity index (χ0) is 16.2. The lowest BCUT2D eigenvalue weighted by Gasteiger charge is -2.09. The minimum atomic E-state index is -0.215. The highest BCUT2D eigenvalue weighted by atomic mass is 35.5. The minimum absolute atomic E-state index is 0.215. The molecule has 2 aromatic heterocycles.